The number of methoxy groups -OCH3 is 1. The monoisotopic (exact) mass is 359 g/mol. The van der Waals surface area contributed by atoms with Crippen LogP contribution in [0.15, 0.2) is 30.5 Å². The highest BCUT2D eigenvalue weighted by Crippen LogP contribution is 2.28. The van der Waals surface area contributed by atoms with Gasteiger partial charge in [-0.25, -0.2) is 4.68 Å². The lowest BCUT2D eigenvalue weighted by molar-refractivity contribution is 0.102. The summed E-state index contributed by atoms with van der Waals surface area (Å²) in [5, 5.41) is 7.16. The second-order valence-electron chi connectivity index (χ2n) is 7.14. The highest BCUT2D eigenvalue weighted by atomic mass is 16.5. The van der Waals surface area contributed by atoms with E-state index in [9.17, 15) is 4.79 Å². The van der Waals surface area contributed by atoms with Gasteiger partial charge < -0.3 is 14.8 Å². The van der Waals surface area contributed by atoms with Crippen molar-refractivity contribution in [3.8, 4) is 11.5 Å². The standard InChI is InChI=1S/C20H29N3O3/c1-14(2)9-11-26-17-7-6-16(12-18(17)25-5)20(24)22-19-8-10-21-23(19)13-15(3)4/h6-8,10,12,14-15H,9,11,13H2,1-5H3,(H,22,24). The van der Waals surface area contributed by atoms with E-state index in [1.165, 1.54) is 0 Å². The zero-order valence-electron chi connectivity index (χ0n) is 16.3. The van der Waals surface area contributed by atoms with Crippen molar-refractivity contribution in [2.75, 3.05) is 19.0 Å². The van der Waals surface area contributed by atoms with E-state index in [2.05, 4.69) is 38.1 Å². The predicted molar refractivity (Wildman–Crippen MR) is 103 cm³/mol. The Kier molecular flexibility index (Phi) is 7.06. The Balaban J connectivity index is 2.08. The van der Waals surface area contributed by atoms with Gasteiger partial charge >= 0.3 is 0 Å². The van der Waals surface area contributed by atoms with Crippen molar-refractivity contribution in [2.24, 2.45) is 11.8 Å². The second kappa shape index (κ2) is 9.27. The van der Waals surface area contributed by atoms with Gasteiger partial charge in [0.25, 0.3) is 5.91 Å². The molecule has 0 radical (unpaired) electrons. The molecular weight excluding hydrogens is 330 g/mol. The van der Waals surface area contributed by atoms with Crippen LogP contribution in [0.2, 0.25) is 0 Å². The first kappa shape index (κ1) is 19.8. The Morgan fingerprint density at radius 1 is 1.15 bits per heavy atom. The summed E-state index contributed by atoms with van der Waals surface area (Å²) in [7, 11) is 1.57. The number of hydrogen-bond donors (Lipinski definition) is 1. The van der Waals surface area contributed by atoms with Crippen LogP contribution in [0.1, 0.15) is 44.5 Å². The maximum Gasteiger partial charge on any atom is 0.256 e. The van der Waals surface area contributed by atoms with Crippen molar-refractivity contribution in [3.05, 3.63) is 36.0 Å². The van der Waals surface area contributed by atoms with Gasteiger partial charge in [0.1, 0.15) is 5.82 Å². The highest BCUT2D eigenvalue weighted by molar-refractivity contribution is 6.04. The van der Waals surface area contributed by atoms with E-state index in [4.69, 9.17) is 9.47 Å². The van der Waals surface area contributed by atoms with E-state index >= 15 is 0 Å². The van der Waals surface area contributed by atoms with Crippen LogP contribution in [0.5, 0.6) is 11.5 Å². The first-order valence-corrected chi connectivity index (χ1v) is 9.04. The van der Waals surface area contributed by atoms with Crippen LogP contribution in [0.25, 0.3) is 0 Å². The Bertz CT molecular complexity index is 723. The number of nitrogens with one attached hydrogen (secondary N) is 1. The van der Waals surface area contributed by atoms with E-state index in [0.29, 0.717) is 41.3 Å². The molecule has 0 spiro atoms. The zero-order chi connectivity index (χ0) is 19.1. The van der Waals surface area contributed by atoms with Gasteiger partial charge in [0.15, 0.2) is 11.5 Å². The number of ether oxygens (including phenoxy) is 2. The molecule has 2 rings (SSSR count). The number of carbonyl (C=O) groups excluding carboxylic acids is 1. The third-order valence-electron chi connectivity index (χ3n) is 3.87. The van der Waals surface area contributed by atoms with Gasteiger partial charge in [-0.1, -0.05) is 27.7 Å². The number of rotatable bonds is 9. The predicted octanol–water partition coefficient (Wildman–Crippen LogP) is 4.22. The zero-order valence-corrected chi connectivity index (χ0v) is 16.3. The van der Waals surface area contributed by atoms with Crippen LogP contribution < -0.4 is 14.8 Å². The van der Waals surface area contributed by atoms with E-state index in [0.717, 1.165) is 13.0 Å². The normalized spacial score (nSPS) is 11.0. The molecule has 1 amide bonds. The minimum Gasteiger partial charge on any atom is -0.493 e. The molecule has 0 atom stereocenters. The Hall–Kier alpha value is -2.50. The molecular formula is C20H29N3O3. The van der Waals surface area contributed by atoms with Crippen molar-refractivity contribution in [3.63, 3.8) is 0 Å². The van der Waals surface area contributed by atoms with Gasteiger partial charge in [0.05, 0.1) is 19.9 Å². The van der Waals surface area contributed by atoms with Crippen LogP contribution in [0, 0.1) is 11.8 Å². The summed E-state index contributed by atoms with van der Waals surface area (Å²) in [6.07, 6.45) is 2.65. The molecule has 1 aromatic heterocycles. The summed E-state index contributed by atoms with van der Waals surface area (Å²) in [6, 6.07) is 7.01. The van der Waals surface area contributed by atoms with Gasteiger partial charge in [0.2, 0.25) is 0 Å². The topological polar surface area (TPSA) is 65.4 Å². The van der Waals surface area contributed by atoms with Crippen molar-refractivity contribution in [1.82, 2.24) is 9.78 Å². The van der Waals surface area contributed by atoms with Crippen LogP contribution in [-0.4, -0.2) is 29.4 Å². The number of anilines is 1. The average molecular weight is 359 g/mol. The van der Waals surface area contributed by atoms with Gasteiger partial charge in [-0.2, -0.15) is 5.10 Å². The largest absolute Gasteiger partial charge is 0.493 e. The Morgan fingerprint density at radius 2 is 1.92 bits per heavy atom. The fourth-order valence-corrected chi connectivity index (χ4v) is 2.45. The average Bonchev–Trinajstić information content (AvgIpc) is 3.00. The molecule has 0 aliphatic heterocycles. The molecule has 26 heavy (non-hydrogen) atoms. The van der Waals surface area contributed by atoms with E-state index < -0.39 is 0 Å². The minimum absolute atomic E-state index is 0.206. The number of hydrogen-bond acceptors (Lipinski definition) is 4. The Labute approximate surface area is 155 Å². The second-order valence-corrected chi connectivity index (χ2v) is 7.14. The highest BCUT2D eigenvalue weighted by Gasteiger charge is 2.14. The summed E-state index contributed by atoms with van der Waals surface area (Å²) >= 11 is 0. The summed E-state index contributed by atoms with van der Waals surface area (Å²) in [5.74, 6) is 2.68. The van der Waals surface area contributed by atoms with Gasteiger partial charge in [-0.15, -0.1) is 0 Å². The minimum atomic E-state index is -0.206. The fraction of sp³-hybridized carbons (Fsp3) is 0.500. The lowest BCUT2D eigenvalue weighted by atomic mass is 10.1. The van der Waals surface area contributed by atoms with Crippen LogP contribution in [0.3, 0.4) is 0 Å². The summed E-state index contributed by atoms with van der Waals surface area (Å²) in [5.41, 5.74) is 0.510. The number of nitrogens with zero attached hydrogens (tertiary/aromatic N) is 2. The fourth-order valence-electron chi connectivity index (χ4n) is 2.45. The molecule has 0 aliphatic rings. The molecule has 0 saturated carbocycles. The van der Waals surface area contributed by atoms with Gasteiger partial charge in [-0.3, -0.25) is 4.79 Å². The third kappa shape index (κ3) is 5.51. The lowest BCUT2D eigenvalue weighted by Crippen LogP contribution is -2.17. The maximum absolute atomic E-state index is 12.6. The van der Waals surface area contributed by atoms with E-state index in [-0.39, 0.29) is 5.91 Å². The first-order chi connectivity index (χ1) is 12.4. The molecule has 0 fully saturated rings. The van der Waals surface area contributed by atoms with Crippen molar-refractivity contribution in [1.29, 1.82) is 0 Å². The molecule has 2 aromatic rings. The lowest BCUT2D eigenvalue weighted by Gasteiger charge is -2.14. The molecule has 0 saturated heterocycles. The SMILES string of the molecule is COc1cc(C(=O)Nc2ccnn2CC(C)C)ccc1OCCC(C)C. The molecule has 0 unspecified atom stereocenters. The molecule has 0 aliphatic carbocycles. The van der Waals surface area contributed by atoms with Crippen molar-refractivity contribution < 1.29 is 14.3 Å². The summed E-state index contributed by atoms with van der Waals surface area (Å²) in [6.45, 7) is 9.88. The molecule has 1 aromatic carbocycles. The smallest absolute Gasteiger partial charge is 0.256 e. The molecule has 142 valence electrons. The summed E-state index contributed by atoms with van der Waals surface area (Å²) < 4.78 is 12.9. The molecule has 0 bridgehead atoms. The summed E-state index contributed by atoms with van der Waals surface area (Å²) in [4.78, 5) is 12.6. The Morgan fingerprint density at radius 3 is 2.58 bits per heavy atom. The molecule has 6 nitrogen and oxygen atoms in total. The molecule has 1 heterocycles. The van der Waals surface area contributed by atoms with Crippen molar-refractivity contribution >= 4 is 11.7 Å². The van der Waals surface area contributed by atoms with Gasteiger partial charge in [0, 0.05) is 18.2 Å². The van der Waals surface area contributed by atoms with Crippen LogP contribution >= 0.6 is 0 Å². The maximum atomic E-state index is 12.6. The number of aromatic nitrogens is 2. The molecule has 6 heteroatoms. The number of carbonyl (C=O) groups is 1. The van der Waals surface area contributed by atoms with E-state index in [1.807, 2.05) is 0 Å². The van der Waals surface area contributed by atoms with Gasteiger partial charge in [-0.05, 0) is 36.5 Å². The third-order valence-corrected chi connectivity index (χ3v) is 3.87. The number of amides is 1. The van der Waals surface area contributed by atoms with Crippen LogP contribution in [-0.2, 0) is 6.54 Å². The van der Waals surface area contributed by atoms with Crippen molar-refractivity contribution in [2.45, 2.75) is 40.7 Å². The first-order valence-electron chi connectivity index (χ1n) is 9.04. The van der Waals surface area contributed by atoms with Crippen LogP contribution in [0.4, 0.5) is 5.82 Å². The quantitative estimate of drug-likeness (QED) is 0.728. The number of benzene rings is 1. The van der Waals surface area contributed by atoms with E-state index in [1.54, 1.807) is 42.3 Å². The molecule has 1 N–H and O–H groups in total.